The van der Waals surface area contributed by atoms with Gasteiger partial charge in [0.05, 0.1) is 5.69 Å². The highest BCUT2D eigenvalue weighted by molar-refractivity contribution is 6.19. The minimum atomic E-state index is 0.840. The summed E-state index contributed by atoms with van der Waals surface area (Å²) >= 11 is 0. The molecule has 2 nitrogen and oxygen atoms in total. The molecular weight excluding hydrogens is 727 g/mol. The molecule has 0 saturated heterocycles. The van der Waals surface area contributed by atoms with Gasteiger partial charge in [0, 0.05) is 27.7 Å². The first-order valence-corrected chi connectivity index (χ1v) is 20.5. The van der Waals surface area contributed by atoms with E-state index in [1.165, 1.54) is 38.6 Å². The van der Waals surface area contributed by atoms with Crippen molar-refractivity contribution < 1.29 is 4.42 Å². The van der Waals surface area contributed by atoms with Crippen LogP contribution < -0.4 is 4.90 Å². The van der Waals surface area contributed by atoms with Crippen LogP contribution in [0.3, 0.4) is 0 Å². The average Bonchev–Trinajstić information content (AvgIpc) is 3.73. The lowest BCUT2D eigenvalue weighted by atomic mass is 9.91. The third-order valence-electron chi connectivity index (χ3n) is 11.7. The van der Waals surface area contributed by atoms with Gasteiger partial charge in [-0.15, -0.1) is 0 Å². The van der Waals surface area contributed by atoms with Gasteiger partial charge >= 0.3 is 0 Å². The van der Waals surface area contributed by atoms with Crippen LogP contribution in [0.5, 0.6) is 0 Å². The number of rotatable bonds is 8. The van der Waals surface area contributed by atoms with Gasteiger partial charge in [-0.05, 0) is 91.2 Å². The van der Waals surface area contributed by atoms with Crippen LogP contribution in [0.4, 0.5) is 17.1 Å². The molecule has 10 aromatic carbocycles. The second-order valence-electron chi connectivity index (χ2n) is 15.2. The monoisotopic (exact) mass is 765 g/mol. The SMILES string of the molecule is c1ccc(-c2ccc(N(c3ccc(-c4cccc5cccc(-c6ccccc6)c45)cc3)c3ccc(-c4ccccc4)c4c3oc3c(-c5ccccc5)cccc34)cc2)cc1. The van der Waals surface area contributed by atoms with Gasteiger partial charge in [-0.2, -0.15) is 0 Å². The third kappa shape index (κ3) is 6.23. The van der Waals surface area contributed by atoms with E-state index in [2.05, 4.69) is 241 Å². The normalized spacial score (nSPS) is 11.3. The maximum Gasteiger partial charge on any atom is 0.160 e. The predicted octanol–water partition coefficient (Wildman–Crippen LogP) is 16.5. The van der Waals surface area contributed by atoms with Crippen LogP contribution in [-0.4, -0.2) is 0 Å². The number of benzene rings is 10. The van der Waals surface area contributed by atoms with E-state index in [1.54, 1.807) is 0 Å². The Hall–Kier alpha value is -7.94. The van der Waals surface area contributed by atoms with Crippen molar-refractivity contribution in [3.63, 3.8) is 0 Å². The van der Waals surface area contributed by atoms with Gasteiger partial charge in [-0.1, -0.05) is 206 Å². The van der Waals surface area contributed by atoms with Gasteiger partial charge in [-0.25, -0.2) is 0 Å². The molecule has 0 N–H and O–H groups in total. The Morgan fingerprint density at radius 2 is 0.683 bits per heavy atom. The summed E-state index contributed by atoms with van der Waals surface area (Å²) in [6.07, 6.45) is 0. The van der Waals surface area contributed by atoms with Crippen LogP contribution in [-0.2, 0) is 0 Å². The Bertz CT molecular complexity index is 3260. The number of nitrogens with zero attached hydrogens (tertiary/aromatic N) is 1. The van der Waals surface area contributed by atoms with Crippen LogP contribution in [0.2, 0.25) is 0 Å². The molecule has 0 unspecified atom stereocenters. The zero-order chi connectivity index (χ0) is 39.8. The molecular formula is C58H39NO. The molecule has 2 heteroatoms. The van der Waals surface area contributed by atoms with Crippen LogP contribution >= 0.6 is 0 Å². The van der Waals surface area contributed by atoms with E-state index in [1.807, 2.05) is 0 Å². The molecule has 11 rings (SSSR count). The second kappa shape index (κ2) is 15.1. The number of anilines is 3. The Balaban J connectivity index is 1.12. The van der Waals surface area contributed by atoms with Crippen molar-refractivity contribution >= 4 is 49.8 Å². The van der Waals surface area contributed by atoms with Crippen LogP contribution in [0.1, 0.15) is 0 Å². The molecule has 0 spiro atoms. The summed E-state index contributed by atoms with van der Waals surface area (Å²) in [5.74, 6) is 0. The zero-order valence-electron chi connectivity index (χ0n) is 32.9. The zero-order valence-corrected chi connectivity index (χ0v) is 32.9. The number of furan rings is 1. The Morgan fingerprint density at radius 1 is 0.267 bits per heavy atom. The molecule has 282 valence electrons. The van der Waals surface area contributed by atoms with Gasteiger partial charge in [0.15, 0.2) is 5.58 Å². The summed E-state index contributed by atoms with van der Waals surface area (Å²) in [5, 5.41) is 4.66. The fraction of sp³-hybridized carbons (Fsp3) is 0. The van der Waals surface area contributed by atoms with Crippen molar-refractivity contribution in [2.45, 2.75) is 0 Å². The first kappa shape index (κ1) is 35.2. The molecule has 0 atom stereocenters. The molecule has 0 bridgehead atoms. The summed E-state index contributed by atoms with van der Waals surface area (Å²) in [4.78, 5) is 2.35. The molecule has 11 aromatic rings. The van der Waals surface area contributed by atoms with Gasteiger partial charge < -0.3 is 9.32 Å². The highest BCUT2D eigenvalue weighted by Crippen LogP contribution is 2.48. The van der Waals surface area contributed by atoms with E-state index >= 15 is 0 Å². The summed E-state index contributed by atoms with van der Waals surface area (Å²) in [6.45, 7) is 0. The molecule has 0 amide bonds. The largest absolute Gasteiger partial charge is 0.453 e. The predicted molar refractivity (Wildman–Crippen MR) is 253 cm³/mol. The standard InChI is InChI=1S/C58H39NO/c1-5-16-40(17-6-1)41-30-34-47(35-31-41)59(48-36-32-45(33-37-48)50-27-14-25-46-24-13-26-49(55(46)50)42-18-7-2-8-19-42)54-39-38-51(43-20-9-3-10-21-43)56-53-29-15-28-52(57(53)60-58(54)56)44-22-11-4-12-23-44/h1-39H. The Labute approximate surface area is 349 Å². The van der Waals surface area contributed by atoms with Gasteiger partial charge in [0.1, 0.15) is 5.58 Å². The number of fused-ring (bicyclic) bond motifs is 4. The molecule has 1 heterocycles. The Kier molecular flexibility index (Phi) is 8.87. The van der Waals surface area contributed by atoms with Crippen molar-refractivity contribution in [2.75, 3.05) is 4.90 Å². The number of hydrogen-bond donors (Lipinski definition) is 0. The van der Waals surface area contributed by atoms with E-state index < -0.39 is 0 Å². The minimum absolute atomic E-state index is 0.840. The molecule has 0 radical (unpaired) electrons. The first-order valence-electron chi connectivity index (χ1n) is 20.5. The average molecular weight is 766 g/mol. The molecule has 0 saturated carbocycles. The van der Waals surface area contributed by atoms with E-state index in [4.69, 9.17) is 4.42 Å². The van der Waals surface area contributed by atoms with E-state index in [9.17, 15) is 0 Å². The third-order valence-corrected chi connectivity index (χ3v) is 11.7. The number of para-hydroxylation sites is 1. The fourth-order valence-corrected chi connectivity index (χ4v) is 8.86. The van der Waals surface area contributed by atoms with E-state index in [0.29, 0.717) is 0 Å². The highest BCUT2D eigenvalue weighted by atomic mass is 16.3. The van der Waals surface area contributed by atoms with Crippen molar-refractivity contribution in [3.8, 4) is 55.6 Å². The first-order chi connectivity index (χ1) is 29.8. The number of hydrogen-bond acceptors (Lipinski definition) is 2. The van der Waals surface area contributed by atoms with Gasteiger partial charge in [0.25, 0.3) is 0 Å². The lowest BCUT2D eigenvalue weighted by molar-refractivity contribution is 0.670. The Morgan fingerprint density at radius 3 is 1.23 bits per heavy atom. The van der Waals surface area contributed by atoms with Crippen LogP contribution in [0.25, 0.3) is 88.3 Å². The maximum absolute atomic E-state index is 7.20. The topological polar surface area (TPSA) is 16.4 Å². The molecule has 0 fully saturated rings. The molecule has 0 aliphatic heterocycles. The van der Waals surface area contributed by atoms with Crippen molar-refractivity contribution in [1.82, 2.24) is 0 Å². The van der Waals surface area contributed by atoms with Crippen molar-refractivity contribution in [2.24, 2.45) is 0 Å². The molecule has 1 aromatic heterocycles. The maximum atomic E-state index is 7.20. The van der Waals surface area contributed by atoms with E-state index in [-0.39, 0.29) is 0 Å². The van der Waals surface area contributed by atoms with E-state index in [0.717, 1.165) is 66.8 Å². The lowest BCUT2D eigenvalue weighted by Crippen LogP contribution is -2.10. The van der Waals surface area contributed by atoms with Crippen molar-refractivity contribution in [3.05, 3.63) is 237 Å². The van der Waals surface area contributed by atoms with Crippen molar-refractivity contribution in [1.29, 1.82) is 0 Å². The summed E-state index contributed by atoms with van der Waals surface area (Å²) in [5.41, 5.74) is 16.4. The highest BCUT2D eigenvalue weighted by Gasteiger charge is 2.24. The quantitative estimate of drug-likeness (QED) is 0.153. The summed E-state index contributed by atoms with van der Waals surface area (Å²) < 4.78 is 7.20. The second-order valence-corrected chi connectivity index (χ2v) is 15.2. The van der Waals surface area contributed by atoms with Gasteiger partial charge in [-0.3, -0.25) is 0 Å². The van der Waals surface area contributed by atoms with Gasteiger partial charge in [0.2, 0.25) is 0 Å². The van der Waals surface area contributed by atoms with Crippen LogP contribution in [0, 0.1) is 0 Å². The molecule has 0 aliphatic rings. The fourth-order valence-electron chi connectivity index (χ4n) is 8.86. The molecule has 0 aliphatic carbocycles. The summed E-state index contributed by atoms with van der Waals surface area (Å²) in [7, 11) is 0. The van der Waals surface area contributed by atoms with Crippen LogP contribution in [0.15, 0.2) is 241 Å². The minimum Gasteiger partial charge on any atom is -0.453 e. The smallest absolute Gasteiger partial charge is 0.160 e. The molecule has 60 heavy (non-hydrogen) atoms. The summed E-state index contributed by atoms with van der Waals surface area (Å²) in [6, 6.07) is 84.6. The lowest BCUT2D eigenvalue weighted by Gasteiger charge is -2.26.